The maximum atomic E-state index is 13.3. The summed E-state index contributed by atoms with van der Waals surface area (Å²) in [5, 5.41) is 9.95. The fraction of sp³-hybridized carbons (Fsp3) is 0.238. The van der Waals surface area contributed by atoms with Crippen molar-refractivity contribution in [3.05, 3.63) is 58.3 Å². The number of ether oxygens (including phenoxy) is 3. The van der Waals surface area contributed by atoms with Crippen LogP contribution < -0.4 is 30.2 Å². The number of hydrogen-bond donors (Lipinski definition) is 3. The number of carbonyl (C=O) groups is 1. The highest BCUT2D eigenvalue weighted by atomic mass is 35.5. The van der Waals surface area contributed by atoms with Crippen LogP contribution in [0.3, 0.4) is 0 Å². The number of benzene rings is 2. The van der Waals surface area contributed by atoms with E-state index in [4.69, 9.17) is 38.0 Å². The molecule has 158 valence electrons. The van der Waals surface area contributed by atoms with E-state index in [1.54, 1.807) is 45.4 Å². The van der Waals surface area contributed by atoms with E-state index in [0.29, 0.717) is 44.3 Å². The molecule has 1 heterocycles. The highest BCUT2D eigenvalue weighted by Gasteiger charge is 2.31. The number of carbonyl (C=O) groups excluding carboxylic acids is 1. The summed E-state index contributed by atoms with van der Waals surface area (Å²) in [4.78, 5) is 13.3. The average molecular weight is 448 g/mol. The molecule has 2 aromatic carbocycles. The van der Waals surface area contributed by atoms with Crippen LogP contribution in [0.5, 0.6) is 17.2 Å². The molecule has 1 atom stereocenters. The van der Waals surface area contributed by atoms with Crippen molar-refractivity contribution in [2.75, 3.05) is 26.6 Å². The standard InChI is InChI=1S/C21H22ClN3O4S/c1-11-18(20(26)24-14-10-13(22)6-8-15(14)27-2)19(25-21(30)23-11)12-5-7-16(28-3)17(9-12)29-4/h5-10,19H,1-4H3,(H,24,26)(H2,23,25,30)/t19-/m1/s1. The van der Waals surface area contributed by atoms with Crippen LogP contribution >= 0.6 is 23.8 Å². The number of allylic oxidation sites excluding steroid dienone is 1. The SMILES string of the molecule is COc1ccc(Cl)cc1NC(=O)C1=C(C)NC(=S)N[C@@H]1c1ccc(OC)c(OC)c1. The molecule has 0 saturated heterocycles. The highest BCUT2D eigenvalue weighted by molar-refractivity contribution is 7.80. The molecule has 9 heteroatoms. The number of nitrogens with one attached hydrogen (secondary N) is 3. The summed E-state index contributed by atoms with van der Waals surface area (Å²) in [6, 6.07) is 9.97. The molecule has 3 rings (SSSR count). The van der Waals surface area contributed by atoms with Gasteiger partial charge in [0, 0.05) is 10.7 Å². The summed E-state index contributed by atoms with van der Waals surface area (Å²) in [5.41, 5.74) is 2.36. The molecule has 0 saturated carbocycles. The van der Waals surface area contributed by atoms with Crippen molar-refractivity contribution >= 4 is 40.5 Å². The van der Waals surface area contributed by atoms with Crippen LogP contribution in [0, 0.1) is 0 Å². The van der Waals surface area contributed by atoms with Crippen molar-refractivity contribution in [2.24, 2.45) is 0 Å². The minimum atomic E-state index is -0.497. The van der Waals surface area contributed by atoms with E-state index < -0.39 is 6.04 Å². The Balaban J connectivity index is 2.00. The number of amides is 1. The fourth-order valence-corrected chi connectivity index (χ4v) is 3.69. The van der Waals surface area contributed by atoms with Gasteiger partial charge in [-0.05, 0) is 55.0 Å². The molecule has 0 aromatic heterocycles. The van der Waals surface area contributed by atoms with E-state index in [2.05, 4.69) is 16.0 Å². The maximum Gasteiger partial charge on any atom is 0.255 e. The lowest BCUT2D eigenvalue weighted by Crippen LogP contribution is -2.45. The smallest absolute Gasteiger partial charge is 0.255 e. The van der Waals surface area contributed by atoms with Gasteiger partial charge in [0.15, 0.2) is 16.6 Å². The number of anilines is 1. The third-order valence-electron chi connectivity index (χ3n) is 4.66. The minimum Gasteiger partial charge on any atom is -0.495 e. The van der Waals surface area contributed by atoms with Crippen LogP contribution in [0.25, 0.3) is 0 Å². The molecule has 0 fully saturated rings. The van der Waals surface area contributed by atoms with Crippen LogP contribution in [0.15, 0.2) is 47.7 Å². The first-order valence-corrected chi connectivity index (χ1v) is 9.81. The minimum absolute atomic E-state index is 0.324. The van der Waals surface area contributed by atoms with Crippen LogP contribution in [-0.2, 0) is 4.79 Å². The van der Waals surface area contributed by atoms with E-state index in [0.717, 1.165) is 5.56 Å². The van der Waals surface area contributed by atoms with Crippen molar-refractivity contribution < 1.29 is 19.0 Å². The highest BCUT2D eigenvalue weighted by Crippen LogP contribution is 2.35. The number of thiocarbonyl (C=S) groups is 1. The van der Waals surface area contributed by atoms with Crippen molar-refractivity contribution in [2.45, 2.75) is 13.0 Å². The zero-order chi connectivity index (χ0) is 21.8. The normalized spacial score (nSPS) is 15.8. The molecule has 1 aliphatic heterocycles. The first-order valence-electron chi connectivity index (χ1n) is 9.03. The zero-order valence-electron chi connectivity index (χ0n) is 17.0. The third kappa shape index (κ3) is 4.44. The molecule has 0 unspecified atom stereocenters. The summed E-state index contributed by atoms with van der Waals surface area (Å²) < 4.78 is 16.0. The Bertz CT molecular complexity index is 1030. The molecular weight excluding hydrogens is 426 g/mol. The molecular formula is C21H22ClN3O4S. The summed E-state index contributed by atoms with van der Waals surface area (Å²) >= 11 is 11.4. The summed E-state index contributed by atoms with van der Waals surface area (Å²) in [7, 11) is 4.65. The van der Waals surface area contributed by atoms with E-state index in [9.17, 15) is 4.79 Å². The molecule has 1 amide bonds. The molecule has 7 nitrogen and oxygen atoms in total. The van der Waals surface area contributed by atoms with Gasteiger partial charge in [-0.25, -0.2) is 0 Å². The van der Waals surface area contributed by atoms with Crippen LogP contribution in [0.1, 0.15) is 18.5 Å². The van der Waals surface area contributed by atoms with Gasteiger partial charge in [-0.3, -0.25) is 4.79 Å². The van der Waals surface area contributed by atoms with Gasteiger partial charge in [-0.1, -0.05) is 17.7 Å². The largest absolute Gasteiger partial charge is 0.495 e. The van der Waals surface area contributed by atoms with Crippen LogP contribution in [0.4, 0.5) is 5.69 Å². The van der Waals surface area contributed by atoms with Gasteiger partial charge in [-0.15, -0.1) is 0 Å². The average Bonchev–Trinajstić information content (AvgIpc) is 2.72. The molecule has 0 radical (unpaired) electrons. The Morgan fingerprint density at radius 2 is 1.70 bits per heavy atom. The Morgan fingerprint density at radius 3 is 2.37 bits per heavy atom. The molecule has 0 bridgehead atoms. The second-order valence-electron chi connectivity index (χ2n) is 6.48. The second-order valence-corrected chi connectivity index (χ2v) is 7.33. The number of halogens is 1. The Hall–Kier alpha value is -2.97. The molecule has 1 aliphatic rings. The number of hydrogen-bond acceptors (Lipinski definition) is 5. The van der Waals surface area contributed by atoms with E-state index >= 15 is 0 Å². The van der Waals surface area contributed by atoms with Gasteiger partial charge in [0.25, 0.3) is 5.91 Å². The summed E-state index contributed by atoms with van der Waals surface area (Å²) in [5.74, 6) is 1.32. The van der Waals surface area contributed by atoms with Crippen molar-refractivity contribution in [1.82, 2.24) is 10.6 Å². The van der Waals surface area contributed by atoms with Gasteiger partial charge in [0.2, 0.25) is 0 Å². The predicted octanol–water partition coefficient (Wildman–Crippen LogP) is 3.80. The first kappa shape index (κ1) is 21.7. The molecule has 0 aliphatic carbocycles. The van der Waals surface area contributed by atoms with Crippen LogP contribution in [0.2, 0.25) is 5.02 Å². The monoisotopic (exact) mass is 447 g/mol. The van der Waals surface area contributed by atoms with Crippen molar-refractivity contribution in [3.63, 3.8) is 0 Å². The maximum absolute atomic E-state index is 13.3. The van der Waals surface area contributed by atoms with Gasteiger partial charge in [-0.2, -0.15) is 0 Å². The lowest BCUT2D eigenvalue weighted by Gasteiger charge is -2.30. The third-order valence-corrected chi connectivity index (χ3v) is 5.12. The lowest BCUT2D eigenvalue weighted by atomic mass is 9.94. The lowest BCUT2D eigenvalue weighted by molar-refractivity contribution is -0.113. The first-order chi connectivity index (χ1) is 14.4. The molecule has 2 aromatic rings. The number of rotatable bonds is 6. The van der Waals surface area contributed by atoms with E-state index in [-0.39, 0.29) is 5.91 Å². The quantitative estimate of drug-likeness (QED) is 0.581. The van der Waals surface area contributed by atoms with Crippen molar-refractivity contribution in [3.8, 4) is 17.2 Å². The Labute approximate surface area is 185 Å². The summed E-state index contributed by atoms with van der Waals surface area (Å²) in [6.45, 7) is 1.80. The molecule has 3 N–H and O–H groups in total. The fourth-order valence-electron chi connectivity index (χ4n) is 3.24. The van der Waals surface area contributed by atoms with Crippen molar-refractivity contribution in [1.29, 1.82) is 0 Å². The van der Waals surface area contributed by atoms with E-state index in [1.165, 1.54) is 7.11 Å². The van der Waals surface area contributed by atoms with Gasteiger partial charge >= 0.3 is 0 Å². The van der Waals surface area contributed by atoms with Gasteiger partial charge < -0.3 is 30.2 Å². The predicted molar refractivity (Wildman–Crippen MR) is 120 cm³/mol. The second kappa shape index (κ2) is 9.23. The molecule has 0 spiro atoms. The van der Waals surface area contributed by atoms with E-state index in [1.807, 2.05) is 12.1 Å². The van der Waals surface area contributed by atoms with Gasteiger partial charge in [0.05, 0.1) is 38.6 Å². The number of methoxy groups -OCH3 is 3. The topological polar surface area (TPSA) is 80.9 Å². The molecule has 30 heavy (non-hydrogen) atoms. The Morgan fingerprint density at radius 1 is 1.03 bits per heavy atom. The van der Waals surface area contributed by atoms with Gasteiger partial charge in [0.1, 0.15) is 5.75 Å². The van der Waals surface area contributed by atoms with Crippen LogP contribution in [-0.4, -0.2) is 32.3 Å². The summed E-state index contributed by atoms with van der Waals surface area (Å²) in [6.07, 6.45) is 0. The Kier molecular flexibility index (Phi) is 6.69. The zero-order valence-corrected chi connectivity index (χ0v) is 18.5.